The van der Waals surface area contributed by atoms with E-state index in [9.17, 15) is 4.79 Å². The van der Waals surface area contributed by atoms with Crippen LogP contribution < -0.4 is 15.5 Å². The Balaban J connectivity index is 2.07. The molecule has 1 amide bonds. The molecule has 0 saturated carbocycles. The Morgan fingerprint density at radius 3 is 2.74 bits per heavy atom. The zero-order valence-electron chi connectivity index (χ0n) is 13.4. The third kappa shape index (κ3) is 5.64. The van der Waals surface area contributed by atoms with E-state index in [1.54, 1.807) is 0 Å². The fourth-order valence-corrected chi connectivity index (χ4v) is 2.79. The maximum atomic E-state index is 11.8. The zero-order valence-corrected chi connectivity index (χ0v) is 15.0. The molecule has 1 heterocycles. The van der Waals surface area contributed by atoms with Gasteiger partial charge in [0.15, 0.2) is 5.11 Å². The van der Waals surface area contributed by atoms with Crippen LogP contribution in [0.1, 0.15) is 20.3 Å². The first kappa shape index (κ1) is 18.0. The summed E-state index contributed by atoms with van der Waals surface area (Å²) in [5.41, 5.74) is 1.78. The molecule has 1 saturated heterocycles. The second-order valence-corrected chi connectivity index (χ2v) is 6.71. The van der Waals surface area contributed by atoms with Gasteiger partial charge >= 0.3 is 0 Å². The van der Waals surface area contributed by atoms with Crippen molar-refractivity contribution in [1.29, 1.82) is 0 Å². The van der Waals surface area contributed by atoms with Crippen LogP contribution in [0.2, 0.25) is 5.02 Å². The quantitative estimate of drug-likeness (QED) is 0.813. The summed E-state index contributed by atoms with van der Waals surface area (Å²) in [7, 11) is 0. The molecule has 2 N–H and O–H groups in total. The van der Waals surface area contributed by atoms with Gasteiger partial charge in [-0.25, -0.2) is 0 Å². The predicted octanol–water partition coefficient (Wildman–Crippen LogP) is 3.04. The minimum atomic E-state index is -0.0903. The Morgan fingerprint density at radius 1 is 1.39 bits per heavy atom. The summed E-state index contributed by atoms with van der Waals surface area (Å²) >= 11 is 11.3. The summed E-state index contributed by atoms with van der Waals surface area (Å²) in [4.78, 5) is 14.0. The molecule has 0 unspecified atom stereocenters. The molecule has 0 aromatic heterocycles. The molecule has 1 aliphatic heterocycles. The van der Waals surface area contributed by atoms with E-state index in [2.05, 4.69) is 15.5 Å². The molecule has 7 heteroatoms. The summed E-state index contributed by atoms with van der Waals surface area (Å²) in [6, 6.07) is 5.61. The van der Waals surface area contributed by atoms with Crippen molar-refractivity contribution in [3.63, 3.8) is 0 Å². The van der Waals surface area contributed by atoms with E-state index in [1.807, 2.05) is 32.0 Å². The Kier molecular flexibility index (Phi) is 6.62. The standard InChI is InChI=1S/C16H22ClN3O2S/c1-11(2)9-15(21)19-16(23)18-13-10-12(17)3-4-14(13)20-5-7-22-8-6-20/h3-4,10-11H,5-9H2,1-2H3,(H2,18,19,21,23). The number of benzene rings is 1. The van der Waals surface area contributed by atoms with E-state index in [0.29, 0.717) is 24.7 Å². The summed E-state index contributed by atoms with van der Waals surface area (Å²) in [6.07, 6.45) is 0.438. The van der Waals surface area contributed by atoms with E-state index in [0.717, 1.165) is 24.5 Å². The number of hydrogen-bond acceptors (Lipinski definition) is 4. The van der Waals surface area contributed by atoms with Crippen LogP contribution in [0.3, 0.4) is 0 Å². The van der Waals surface area contributed by atoms with Gasteiger partial charge in [0, 0.05) is 24.5 Å². The lowest BCUT2D eigenvalue weighted by Gasteiger charge is -2.30. The molecule has 0 radical (unpaired) electrons. The number of nitrogens with one attached hydrogen (secondary N) is 2. The number of halogens is 1. The Morgan fingerprint density at radius 2 is 2.09 bits per heavy atom. The normalized spacial score (nSPS) is 14.7. The molecule has 126 valence electrons. The molecule has 23 heavy (non-hydrogen) atoms. The van der Waals surface area contributed by atoms with Gasteiger partial charge in [-0.3, -0.25) is 4.79 Å². The van der Waals surface area contributed by atoms with E-state index < -0.39 is 0 Å². The number of thiocarbonyl (C=S) groups is 1. The number of rotatable bonds is 4. The number of carbonyl (C=O) groups is 1. The lowest BCUT2D eigenvalue weighted by Crippen LogP contribution is -2.38. The fraction of sp³-hybridized carbons (Fsp3) is 0.500. The predicted molar refractivity (Wildman–Crippen MR) is 98.3 cm³/mol. The molecule has 1 aromatic rings. The lowest BCUT2D eigenvalue weighted by atomic mass is 10.1. The van der Waals surface area contributed by atoms with Crippen LogP contribution in [0.25, 0.3) is 0 Å². The average Bonchev–Trinajstić information content (AvgIpc) is 2.47. The van der Waals surface area contributed by atoms with Gasteiger partial charge < -0.3 is 20.3 Å². The first-order valence-electron chi connectivity index (χ1n) is 7.69. The molecule has 0 atom stereocenters. The lowest BCUT2D eigenvalue weighted by molar-refractivity contribution is -0.120. The van der Waals surface area contributed by atoms with Crippen LogP contribution in [0, 0.1) is 5.92 Å². The number of morpholine rings is 1. The van der Waals surface area contributed by atoms with Crippen molar-refractivity contribution in [2.24, 2.45) is 5.92 Å². The smallest absolute Gasteiger partial charge is 0.226 e. The molecule has 5 nitrogen and oxygen atoms in total. The van der Waals surface area contributed by atoms with E-state index in [-0.39, 0.29) is 16.9 Å². The highest BCUT2D eigenvalue weighted by Crippen LogP contribution is 2.29. The van der Waals surface area contributed by atoms with Gasteiger partial charge in [0.05, 0.1) is 24.6 Å². The van der Waals surface area contributed by atoms with Crippen molar-refractivity contribution in [2.75, 3.05) is 36.5 Å². The highest BCUT2D eigenvalue weighted by Gasteiger charge is 2.16. The SMILES string of the molecule is CC(C)CC(=O)NC(=S)Nc1cc(Cl)ccc1N1CCOCC1. The maximum Gasteiger partial charge on any atom is 0.226 e. The van der Waals surface area contributed by atoms with E-state index >= 15 is 0 Å². The van der Waals surface area contributed by atoms with Gasteiger partial charge in [0.2, 0.25) is 5.91 Å². The van der Waals surface area contributed by atoms with Crippen molar-refractivity contribution >= 4 is 46.2 Å². The van der Waals surface area contributed by atoms with Crippen molar-refractivity contribution in [3.05, 3.63) is 23.2 Å². The third-order valence-corrected chi connectivity index (χ3v) is 3.84. The molecule has 1 fully saturated rings. The molecule has 2 rings (SSSR count). The maximum absolute atomic E-state index is 11.8. The van der Waals surface area contributed by atoms with Crippen LogP contribution in [-0.4, -0.2) is 37.3 Å². The minimum absolute atomic E-state index is 0.0903. The van der Waals surface area contributed by atoms with Gasteiger partial charge in [-0.2, -0.15) is 0 Å². The summed E-state index contributed by atoms with van der Waals surface area (Å²) in [6.45, 7) is 6.98. The number of ether oxygens (including phenoxy) is 1. The molecule has 0 spiro atoms. The van der Waals surface area contributed by atoms with E-state index in [4.69, 9.17) is 28.6 Å². The van der Waals surface area contributed by atoms with Gasteiger partial charge in [0.1, 0.15) is 0 Å². The van der Waals surface area contributed by atoms with Crippen molar-refractivity contribution in [1.82, 2.24) is 5.32 Å². The monoisotopic (exact) mass is 355 g/mol. The highest BCUT2D eigenvalue weighted by atomic mass is 35.5. The number of nitrogens with zero attached hydrogens (tertiary/aromatic N) is 1. The van der Waals surface area contributed by atoms with Crippen LogP contribution in [0.5, 0.6) is 0 Å². The molecule has 0 bridgehead atoms. The first-order valence-corrected chi connectivity index (χ1v) is 8.47. The Labute approximate surface area is 147 Å². The van der Waals surface area contributed by atoms with Crippen LogP contribution in [0.15, 0.2) is 18.2 Å². The topological polar surface area (TPSA) is 53.6 Å². The fourth-order valence-electron chi connectivity index (χ4n) is 2.39. The van der Waals surface area contributed by atoms with E-state index in [1.165, 1.54) is 0 Å². The van der Waals surface area contributed by atoms with Gasteiger partial charge in [-0.05, 0) is 36.3 Å². The summed E-state index contributed by atoms with van der Waals surface area (Å²) in [5, 5.41) is 6.69. The summed E-state index contributed by atoms with van der Waals surface area (Å²) in [5.74, 6) is 0.195. The Hall–Kier alpha value is -1.37. The van der Waals surface area contributed by atoms with Crippen LogP contribution >= 0.6 is 23.8 Å². The number of amides is 1. The number of hydrogen-bond donors (Lipinski definition) is 2. The second kappa shape index (κ2) is 8.47. The first-order chi connectivity index (χ1) is 11.0. The zero-order chi connectivity index (χ0) is 16.8. The third-order valence-electron chi connectivity index (χ3n) is 3.41. The molecule has 1 aromatic carbocycles. The molecular formula is C16H22ClN3O2S. The highest BCUT2D eigenvalue weighted by molar-refractivity contribution is 7.80. The van der Waals surface area contributed by atoms with Gasteiger partial charge in [0.25, 0.3) is 0 Å². The summed E-state index contributed by atoms with van der Waals surface area (Å²) < 4.78 is 5.38. The molecule has 0 aliphatic carbocycles. The van der Waals surface area contributed by atoms with Gasteiger partial charge in [-0.1, -0.05) is 25.4 Å². The van der Waals surface area contributed by atoms with Crippen molar-refractivity contribution < 1.29 is 9.53 Å². The second-order valence-electron chi connectivity index (χ2n) is 5.86. The minimum Gasteiger partial charge on any atom is -0.378 e. The van der Waals surface area contributed by atoms with Gasteiger partial charge in [-0.15, -0.1) is 0 Å². The largest absolute Gasteiger partial charge is 0.378 e. The molecular weight excluding hydrogens is 334 g/mol. The average molecular weight is 356 g/mol. The van der Waals surface area contributed by atoms with Crippen molar-refractivity contribution in [2.45, 2.75) is 20.3 Å². The van der Waals surface area contributed by atoms with Crippen LogP contribution in [0.4, 0.5) is 11.4 Å². The van der Waals surface area contributed by atoms with Crippen molar-refractivity contribution in [3.8, 4) is 0 Å². The number of anilines is 2. The number of carbonyl (C=O) groups excluding carboxylic acids is 1. The van der Waals surface area contributed by atoms with Crippen LogP contribution in [-0.2, 0) is 9.53 Å². The Bertz CT molecular complexity index is 574. The molecule has 1 aliphatic rings.